The number of benzene rings is 2. The third-order valence-corrected chi connectivity index (χ3v) is 4.01. The molecule has 0 N–H and O–H groups in total. The fourth-order valence-electron chi connectivity index (χ4n) is 2.14. The van der Waals surface area contributed by atoms with Gasteiger partial charge in [0, 0.05) is 5.56 Å². The first-order valence-corrected chi connectivity index (χ1v) is 8.73. The second-order valence-electron chi connectivity index (χ2n) is 5.30. The second kappa shape index (κ2) is 7.48. The predicted octanol–water partition coefficient (Wildman–Crippen LogP) is 2.15. The molecule has 1 heterocycles. The Morgan fingerprint density at radius 2 is 1.87 bits per heavy atom. The first-order valence-electron chi connectivity index (χ1n) is 7.36. The molecule has 0 amide bonds. The van der Waals surface area contributed by atoms with Crippen LogP contribution in [0, 0.1) is 0 Å². The van der Waals surface area contributed by atoms with Crippen molar-refractivity contribution in [2.75, 3.05) is 13.2 Å². The summed E-state index contributed by atoms with van der Waals surface area (Å²) < 4.78 is 38.7. The first kappa shape index (κ1) is 15.8. The quantitative estimate of drug-likeness (QED) is 0.592. The SMILES string of the molecule is O=[SH](=O)Cc1cc(OC[C@@H]2CO2)ccc1OCc1ccccc1. The Balaban J connectivity index is 1.71. The van der Waals surface area contributed by atoms with Crippen LogP contribution in [0.5, 0.6) is 11.5 Å². The molecule has 0 aromatic heterocycles. The van der Waals surface area contributed by atoms with E-state index in [9.17, 15) is 8.42 Å². The molecule has 1 aliphatic heterocycles. The van der Waals surface area contributed by atoms with Crippen molar-refractivity contribution in [1.82, 2.24) is 0 Å². The molecule has 1 fully saturated rings. The van der Waals surface area contributed by atoms with E-state index in [0.717, 1.165) is 12.2 Å². The van der Waals surface area contributed by atoms with Gasteiger partial charge < -0.3 is 14.2 Å². The van der Waals surface area contributed by atoms with Gasteiger partial charge in [-0.15, -0.1) is 0 Å². The Hall–Kier alpha value is -2.05. The van der Waals surface area contributed by atoms with Gasteiger partial charge in [0.25, 0.3) is 0 Å². The van der Waals surface area contributed by atoms with Crippen molar-refractivity contribution < 1.29 is 22.6 Å². The summed E-state index contributed by atoms with van der Waals surface area (Å²) in [5, 5.41) is 0. The highest BCUT2D eigenvalue weighted by molar-refractivity contribution is 7.71. The highest BCUT2D eigenvalue weighted by atomic mass is 32.2. The lowest BCUT2D eigenvalue weighted by Gasteiger charge is -2.12. The summed E-state index contributed by atoms with van der Waals surface area (Å²) in [5.41, 5.74) is 1.63. The molecule has 0 aliphatic carbocycles. The minimum atomic E-state index is -2.54. The van der Waals surface area contributed by atoms with Gasteiger partial charge in [-0.3, -0.25) is 0 Å². The van der Waals surface area contributed by atoms with Crippen LogP contribution in [0.25, 0.3) is 0 Å². The Morgan fingerprint density at radius 3 is 2.57 bits per heavy atom. The Bertz CT molecular complexity index is 715. The summed E-state index contributed by atoms with van der Waals surface area (Å²) in [7, 11) is -2.54. The van der Waals surface area contributed by atoms with E-state index in [1.54, 1.807) is 18.2 Å². The van der Waals surface area contributed by atoms with Crippen molar-refractivity contribution in [3.63, 3.8) is 0 Å². The zero-order valence-electron chi connectivity index (χ0n) is 12.5. The summed E-state index contributed by atoms with van der Waals surface area (Å²) in [6.07, 6.45) is 0.156. The van der Waals surface area contributed by atoms with Crippen molar-refractivity contribution in [3.05, 3.63) is 59.7 Å². The van der Waals surface area contributed by atoms with Crippen molar-refractivity contribution in [2.24, 2.45) is 0 Å². The van der Waals surface area contributed by atoms with E-state index in [-0.39, 0.29) is 11.9 Å². The van der Waals surface area contributed by atoms with Crippen molar-refractivity contribution in [2.45, 2.75) is 18.5 Å². The number of thiol groups is 1. The number of hydrogen-bond donors (Lipinski definition) is 1. The van der Waals surface area contributed by atoms with E-state index in [0.29, 0.717) is 30.3 Å². The van der Waals surface area contributed by atoms with E-state index >= 15 is 0 Å². The van der Waals surface area contributed by atoms with Gasteiger partial charge in [0.15, 0.2) is 0 Å². The third-order valence-electron chi connectivity index (χ3n) is 3.41. The van der Waals surface area contributed by atoms with Crippen LogP contribution in [0.4, 0.5) is 0 Å². The van der Waals surface area contributed by atoms with E-state index in [1.165, 1.54) is 0 Å². The smallest absolute Gasteiger partial charge is 0.144 e. The van der Waals surface area contributed by atoms with Crippen LogP contribution in [-0.2, 0) is 27.8 Å². The van der Waals surface area contributed by atoms with E-state index in [4.69, 9.17) is 14.2 Å². The molecule has 1 aliphatic rings. The first-order chi connectivity index (χ1) is 11.2. The molecule has 5 nitrogen and oxygen atoms in total. The molecule has 0 radical (unpaired) electrons. The summed E-state index contributed by atoms with van der Waals surface area (Å²) >= 11 is 0. The zero-order valence-corrected chi connectivity index (χ0v) is 13.4. The molecule has 2 aromatic carbocycles. The molecule has 0 spiro atoms. The van der Waals surface area contributed by atoms with Crippen LogP contribution < -0.4 is 9.47 Å². The number of hydrogen-bond acceptors (Lipinski definition) is 5. The maximum Gasteiger partial charge on any atom is 0.144 e. The van der Waals surface area contributed by atoms with Crippen molar-refractivity contribution in [1.29, 1.82) is 0 Å². The fraction of sp³-hybridized carbons (Fsp3) is 0.294. The van der Waals surface area contributed by atoms with Gasteiger partial charge in [0.2, 0.25) is 0 Å². The molecule has 6 heteroatoms. The average molecular weight is 334 g/mol. The summed E-state index contributed by atoms with van der Waals surface area (Å²) in [6.45, 7) is 1.59. The predicted molar refractivity (Wildman–Crippen MR) is 86.5 cm³/mol. The van der Waals surface area contributed by atoms with Crippen LogP contribution in [0.2, 0.25) is 0 Å². The van der Waals surface area contributed by atoms with Gasteiger partial charge >= 0.3 is 0 Å². The average Bonchev–Trinajstić information content (AvgIpc) is 3.37. The number of epoxide rings is 1. The Morgan fingerprint density at radius 1 is 1.09 bits per heavy atom. The minimum absolute atomic E-state index is 0.0728. The zero-order chi connectivity index (χ0) is 16.1. The maximum absolute atomic E-state index is 11.1. The molecule has 1 atom stereocenters. The summed E-state index contributed by atoms with van der Waals surface area (Å²) in [5.74, 6) is 1.11. The van der Waals surface area contributed by atoms with Crippen molar-refractivity contribution >= 4 is 10.7 Å². The van der Waals surface area contributed by atoms with Crippen LogP contribution >= 0.6 is 0 Å². The highest BCUT2D eigenvalue weighted by Crippen LogP contribution is 2.26. The second-order valence-corrected chi connectivity index (χ2v) is 6.28. The van der Waals surface area contributed by atoms with Gasteiger partial charge in [-0.25, -0.2) is 8.42 Å². The summed E-state index contributed by atoms with van der Waals surface area (Å²) in [6, 6.07) is 15.0. The van der Waals surface area contributed by atoms with Gasteiger partial charge in [-0.1, -0.05) is 30.3 Å². The standard InChI is InChI=1S/C17H18O5S/c18-23(19)12-14-8-15(20-10-16-11-21-16)6-7-17(14)22-9-13-4-2-1-3-5-13/h1-8,16,23H,9-12H2/t16-/m1/s1. The summed E-state index contributed by atoms with van der Waals surface area (Å²) in [4.78, 5) is 0. The Labute approximate surface area is 136 Å². The fourth-order valence-corrected chi connectivity index (χ4v) is 2.66. The molecule has 122 valence electrons. The lowest BCUT2D eigenvalue weighted by Crippen LogP contribution is -2.05. The number of ether oxygens (including phenoxy) is 3. The molecular formula is C17H18O5S. The van der Waals surface area contributed by atoms with Gasteiger partial charge in [0.1, 0.15) is 41.5 Å². The molecule has 2 aromatic rings. The van der Waals surface area contributed by atoms with Gasteiger partial charge in [0.05, 0.1) is 12.4 Å². The van der Waals surface area contributed by atoms with E-state index in [1.807, 2.05) is 30.3 Å². The van der Waals surface area contributed by atoms with Gasteiger partial charge in [-0.05, 0) is 23.8 Å². The third kappa shape index (κ3) is 4.97. The molecule has 0 bridgehead atoms. The normalized spacial score (nSPS) is 16.3. The van der Waals surface area contributed by atoms with E-state index < -0.39 is 10.7 Å². The van der Waals surface area contributed by atoms with Crippen LogP contribution in [0.3, 0.4) is 0 Å². The van der Waals surface area contributed by atoms with Crippen molar-refractivity contribution in [3.8, 4) is 11.5 Å². The van der Waals surface area contributed by atoms with Crippen LogP contribution in [-0.4, -0.2) is 27.7 Å². The molecule has 1 saturated heterocycles. The maximum atomic E-state index is 11.1. The topological polar surface area (TPSA) is 65.1 Å². The lowest BCUT2D eigenvalue weighted by atomic mass is 10.2. The lowest BCUT2D eigenvalue weighted by molar-refractivity contribution is 0.261. The molecule has 0 unspecified atom stereocenters. The number of rotatable bonds is 8. The van der Waals surface area contributed by atoms with Crippen LogP contribution in [0.15, 0.2) is 48.5 Å². The molecular weight excluding hydrogens is 316 g/mol. The van der Waals surface area contributed by atoms with Gasteiger partial charge in [-0.2, -0.15) is 0 Å². The highest BCUT2D eigenvalue weighted by Gasteiger charge is 2.23. The molecule has 0 saturated carbocycles. The van der Waals surface area contributed by atoms with Crippen LogP contribution in [0.1, 0.15) is 11.1 Å². The van der Waals surface area contributed by atoms with E-state index in [2.05, 4.69) is 0 Å². The largest absolute Gasteiger partial charge is 0.491 e. The minimum Gasteiger partial charge on any atom is -0.491 e. The Kier molecular flexibility index (Phi) is 5.15. The molecule has 23 heavy (non-hydrogen) atoms. The monoisotopic (exact) mass is 334 g/mol. The molecule has 3 rings (SSSR count).